The fraction of sp³-hybridized carbons (Fsp3) is 0.556. The van der Waals surface area contributed by atoms with Crippen LogP contribution in [0.1, 0.15) is 44.2 Å². The third-order valence-corrected chi connectivity index (χ3v) is 3.74. The van der Waals surface area contributed by atoms with E-state index in [-0.39, 0.29) is 0 Å². The summed E-state index contributed by atoms with van der Waals surface area (Å²) in [6, 6.07) is 6.64. The Morgan fingerprint density at radius 2 is 2.14 bits per heavy atom. The van der Waals surface area contributed by atoms with Crippen LogP contribution < -0.4 is 15.4 Å². The summed E-state index contributed by atoms with van der Waals surface area (Å²) in [6.07, 6.45) is 3.97. The lowest BCUT2D eigenvalue weighted by Crippen LogP contribution is -2.30. The first-order chi connectivity index (χ1) is 10.6. The number of rotatable bonds is 9. The van der Waals surface area contributed by atoms with Crippen molar-refractivity contribution in [3.63, 3.8) is 0 Å². The zero-order valence-electron chi connectivity index (χ0n) is 13.9. The molecule has 1 aliphatic rings. The molecule has 0 aliphatic heterocycles. The Bertz CT molecular complexity index is 496. The Morgan fingerprint density at radius 3 is 2.73 bits per heavy atom. The zero-order chi connectivity index (χ0) is 15.9. The second-order valence-corrected chi connectivity index (χ2v) is 6.18. The van der Waals surface area contributed by atoms with Gasteiger partial charge in [-0.15, -0.1) is 0 Å². The van der Waals surface area contributed by atoms with Gasteiger partial charge in [0.25, 0.3) is 0 Å². The second kappa shape index (κ2) is 8.08. The van der Waals surface area contributed by atoms with Crippen LogP contribution in [0.15, 0.2) is 30.6 Å². The Kier molecular flexibility index (Phi) is 6.13. The smallest absolute Gasteiger partial charge is 0.124 e. The van der Waals surface area contributed by atoms with Gasteiger partial charge >= 0.3 is 0 Å². The molecule has 1 aliphatic carbocycles. The van der Waals surface area contributed by atoms with Crippen molar-refractivity contribution < 1.29 is 9.47 Å². The molecule has 122 valence electrons. The largest absolute Gasteiger partial charge is 0.490 e. The highest BCUT2D eigenvalue weighted by atomic mass is 16.5. The van der Waals surface area contributed by atoms with Crippen molar-refractivity contribution in [3.8, 4) is 5.75 Å². The molecule has 0 heterocycles. The average Bonchev–Trinajstić information content (AvgIpc) is 2.41. The van der Waals surface area contributed by atoms with Crippen LogP contribution in [0.25, 0.3) is 0 Å². The first kappa shape index (κ1) is 16.7. The third-order valence-electron chi connectivity index (χ3n) is 3.74. The van der Waals surface area contributed by atoms with Crippen LogP contribution in [0.4, 0.5) is 0 Å². The molecule has 1 fully saturated rings. The number of hydrogen-bond acceptors (Lipinski definition) is 4. The molecule has 22 heavy (non-hydrogen) atoms. The van der Waals surface area contributed by atoms with Crippen LogP contribution >= 0.6 is 0 Å². The molecule has 2 N–H and O–H groups in total. The molecule has 1 saturated carbocycles. The number of nitrogens with one attached hydrogen (secondary N) is 2. The Balaban J connectivity index is 2.03. The van der Waals surface area contributed by atoms with Crippen molar-refractivity contribution >= 4 is 0 Å². The summed E-state index contributed by atoms with van der Waals surface area (Å²) in [5.41, 5.74) is 2.30. The van der Waals surface area contributed by atoms with Crippen molar-refractivity contribution in [2.45, 2.75) is 58.4 Å². The van der Waals surface area contributed by atoms with Gasteiger partial charge in [0.2, 0.25) is 0 Å². The predicted molar refractivity (Wildman–Crippen MR) is 89.7 cm³/mol. The van der Waals surface area contributed by atoms with Crippen molar-refractivity contribution in [2.24, 2.45) is 0 Å². The number of benzene rings is 1. The average molecular weight is 304 g/mol. The van der Waals surface area contributed by atoms with E-state index in [0.717, 1.165) is 35.5 Å². The van der Waals surface area contributed by atoms with E-state index in [2.05, 4.69) is 49.3 Å². The number of hydrogen-bond donors (Lipinski definition) is 2. The zero-order valence-corrected chi connectivity index (χ0v) is 13.9. The quantitative estimate of drug-likeness (QED) is 0.734. The molecule has 0 aromatic heterocycles. The normalized spacial score (nSPS) is 14.5. The first-order valence-electron chi connectivity index (χ1n) is 8.05. The molecule has 1 aromatic carbocycles. The van der Waals surface area contributed by atoms with Gasteiger partial charge in [0.15, 0.2) is 0 Å². The Labute approximate surface area is 133 Å². The molecule has 0 atom stereocenters. The minimum atomic E-state index is 0.366. The summed E-state index contributed by atoms with van der Waals surface area (Å²) in [5.74, 6) is 1.80. The minimum absolute atomic E-state index is 0.366. The third kappa shape index (κ3) is 4.95. The maximum Gasteiger partial charge on any atom is 0.124 e. The molecule has 0 bridgehead atoms. The monoisotopic (exact) mass is 304 g/mol. The van der Waals surface area contributed by atoms with E-state index < -0.39 is 0 Å². The maximum absolute atomic E-state index is 6.10. The lowest BCUT2D eigenvalue weighted by molar-refractivity contribution is 0.119. The first-order valence-corrected chi connectivity index (χ1v) is 8.05. The van der Waals surface area contributed by atoms with Gasteiger partial charge in [-0.25, -0.2) is 0 Å². The lowest BCUT2D eigenvalue weighted by atomic mass is 9.96. The summed E-state index contributed by atoms with van der Waals surface area (Å²) in [6.45, 7) is 9.49. The van der Waals surface area contributed by atoms with E-state index >= 15 is 0 Å². The van der Waals surface area contributed by atoms with E-state index in [0.29, 0.717) is 25.3 Å². The van der Waals surface area contributed by atoms with Crippen molar-refractivity contribution in [3.05, 3.63) is 41.7 Å². The topological polar surface area (TPSA) is 42.5 Å². The van der Waals surface area contributed by atoms with Gasteiger partial charge < -0.3 is 20.1 Å². The molecule has 4 nitrogen and oxygen atoms in total. The Hall–Kier alpha value is -1.68. The molecule has 1 aromatic rings. The van der Waals surface area contributed by atoms with Crippen molar-refractivity contribution in [2.75, 3.05) is 7.11 Å². The molecule has 0 amide bonds. The van der Waals surface area contributed by atoms with Crippen LogP contribution in [0.5, 0.6) is 5.75 Å². The minimum Gasteiger partial charge on any atom is -0.490 e. The SMILES string of the molecule is C=C(NCc1cc(COC)ccc1OC1CCC1)NC(C)C. The predicted octanol–water partition coefficient (Wildman–Crippen LogP) is 3.32. The molecular formula is C18H28N2O2. The highest BCUT2D eigenvalue weighted by molar-refractivity contribution is 5.37. The van der Waals surface area contributed by atoms with Gasteiger partial charge in [0.05, 0.1) is 18.5 Å². The summed E-state index contributed by atoms with van der Waals surface area (Å²) >= 11 is 0. The molecule has 4 heteroatoms. The highest BCUT2D eigenvalue weighted by Gasteiger charge is 2.20. The van der Waals surface area contributed by atoms with Gasteiger partial charge in [0.1, 0.15) is 5.75 Å². The molecule has 0 saturated heterocycles. The number of methoxy groups -OCH3 is 1. The summed E-state index contributed by atoms with van der Waals surface area (Å²) < 4.78 is 11.3. The standard InChI is InChI=1S/C18H28N2O2/c1-13(2)20-14(3)19-11-16-10-15(12-21-4)8-9-18(16)22-17-6-5-7-17/h8-10,13,17,19-20H,3,5-7,11-12H2,1-2,4H3. The summed E-state index contributed by atoms with van der Waals surface area (Å²) in [5, 5.41) is 6.59. The van der Waals surface area contributed by atoms with Gasteiger partial charge in [0, 0.05) is 25.3 Å². The fourth-order valence-electron chi connectivity index (χ4n) is 2.41. The van der Waals surface area contributed by atoms with E-state index in [1.165, 1.54) is 6.42 Å². The Morgan fingerprint density at radius 1 is 1.36 bits per heavy atom. The van der Waals surface area contributed by atoms with Crippen LogP contribution in [-0.4, -0.2) is 19.3 Å². The molecule has 2 rings (SSSR count). The van der Waals surface area contributed by atoms with Crippen LogP contribution in [0.3, 0.4) is 0 Å². The van der Waals surface area contributed by atoms with E-state index in [4.69, 9.17) is 9.47 Å². The fourth-order valence-corrected chi connectivity index (χ4v) is 2.41. The van der Waals surface area contributed by atoms with Crippen molar-refractivity contribution in [1.82, 2.24) is 10.6 Å². The van der Waals surface area contributed by atoms with E-state index in [1.807, 2.05) is 0 Å². The van der Waals surface area contributed by atoms with Gasteiger partial charge in [-0.05, 0) is 50.8 Å². The van der Waals surface area contributed by atoms with E-state index in [1.54, 1.807) is 7.11 Å². The van der Waals surface area contributed by atoms with Gasteiger partial charge in [-0.2, -0.15) is 0 Å². The second-order valence-electron chi connectivity index (χ2n) is 6.18. The maximum atomic E-state index is 6.10. The van der Waals surface area contributed by atoms with E-state index in [9.17, 15) is 0 Å². The summed E-state index contributed by atoms with van der Waals surface area (Å²) in [7, 11) is 1.71. The summed E-state index contributed by atoms with van der Waals surface area (Å²) in [4.78, 5) is 0. The van der Waals surface area contributed by atoms with Gasteiger partial charge in [-0.3, -0.25) is 0 Å². The molecule has 0 unspecified atom stereocenters. The van der Waals surface area contributed by atoms with Crippen molar-refractivity contribution in [1.29, 1.82) is 0 Å². The van der Waals surface area contributed by atoms with Crippen LogP contribution in [-0.2, 0) is 17.9 Å². The number of ether oxygens (including phenoxy) is 2. The molecular weight excluding hydrogens is 276 g/mol. The highest BCUT2D eigenvalue weighted by Crippen LogP contribution is 2.28. The molecule has 0 spiro atoms. The van der Waals surface area contributed by atoms with Crippen LogP contribution in [0.2, 0.25) is 0 Å². The van der Waals surface area contributed by atoms with Crippen LogP contribution in [0, 0.1) is 0 Å². The lowest BCUT2D eigenvalue weighted by Gasteiger charge is -2.28. The van der Waals surface area contributed by atoms with Gasteiger partial charge in [-0.1, -0.05) is 12.6 Å². The molecule has 0 radical (unpaired) electrons.